The first kappa shape index (κ1) is 9.01. The summed E-state index contributed by atoms with van der Waals surface area (Å²) < 4.78 is 0. The molecule has 0 aromatic rings. The van der Waals surface area contributed by atoms with E-state index in [0.717, 1.165) is 6.42 Å². The molecule has 0 saturated heterocycles. The van der Waals surface area contributed by atoms with Gasteiger partial charge in [-0.3, -0.25) is 0 Å². The summed E-state index contributed by atoms with van der Waals surface area (Å²) >= 11 is 0. The topological polar surface area (TPSA) is 38.0 Å². The largest absolute Gasteiger partial charge is 0.328 e. The molecule has 1 saturated carbocycles. The molecular weight excluding hydrogens is 136 g/mol. The average molecular weight is 156 g/mol. The standard InChI is InChI=1S/C9H20N2/c1-7(2)11-9-5-3-4-8(10)6-9/h7-9,11H,3-6,10H2,1-2H3. The van der Waals surface area contributed by atoms with Gasteiger partial charge in [0.15, 0.2) is 0 Å². The van der Waals surface area contributed by atoms with E-state index in [2.05, 4.69) is 19.2 Å². The third-order valence-corrected chi connectivity index (χ3v) is 2.28. The highest BCUT2D eigenvalue weighted by molar-refractivity contribution is 4.80. The number of hydrogen-bond acceptors (Lipinski definition) is 2. The molecule has 0 amide bonds. The zero-order valence-corrected chi connectivity index (χ0v) is 7.64. The Morgan fingerprint density at radius 2 is 2.09 bits per heavy atom. The van der Waals surface area contributed by atoms with Crippen LogP contribution in [0.3, 0.4) is 0 Å². The third kappa shape index (κ3) is 3.21. The van der Waals surface area contributed by atoms with Gasteiger partial charge in [-0.2, -0.15) is 0 Å². The van der Waals surface area contributed by atoms with Crippen molar-refractivity contribution >= 4 is 0 Å². The molecule has 0 radical (unpaired) electrons. The Balaban J connectivity index is 2.23. The van der Waals surface area contributed by atoms with Crippen LogP contribution in [0.25, 0.3) is 0 Å². The highest BCUT2D eigenvalue weighted by Crippen LogP contribution is 2.17. The quantitative estimate of drug-likeness (QED) is 0.631. The lowest BCUT2D eigenvalue weighted by molar-refractivity contribution is 0.323. The summed E-state index contributed by atoms with van der Waals surface area (Å²) in [4.78, 5) is 0. The van der Waals surface area contributed by atoms with Crippen LogP contribution in [0.15, 0.2) is 0 Å². The maximum atomic E-state index is 5.86. The Morgan fingerprint density at radius 3 is 2.64 bits per heavy atom. The van der Waals surface area contributed by atoms with Gasteiger partial charge in [0.1, 0.15) is 0 Å². The molecule has 1 rings (SSSR count). The van der Waals surface area contributed by atoms with Crippen LogP contribution < -0.4 is 11.1 Å². The molecule has 1 fully saturated rings. The summed E-state index contributed by atoms with van der Waals surface area (Å²) in [5, 5.41) is 3.53. The van der Waals surface area contributed by atoms with E-state index in [1.807, 2.05) is 0 Å². The van der Waals surface area contributed by atoms with Crippen molar-refractivity contribution in [3.63, 3.8) is 0 Å². The Kier molecular flexibility index (Phi) is 3.34. The van der Waals surface area contributed by atoms with E-state index in [9.17, 15) is 0 Å². The van der Waals surface area contributed by atoms with Crippen LogP contribution >= 0.6 is 0 Å². The van der Waals surface area contributed by atoms with Gasteiger partial charge in [-0.25, -0.2) is 0 Å². The second kappa shape index (κ2) is 4.07. The van der Waals surface area contributed by atoms with Crippen molar-refractivity contribution in [2.24, 2.45) is 5.73 Å². The van der Waals surface area contributed by atoms with E-state index in [1.165, 1.54) is 19.3 Å². The molecule has 66 valence electrons. The normalized spacial score (nSPS) is 32.7. The molecule has 3 N–H and O–H groups in total. The summed E-state index contributed by atoms with van der Waals surface area (Å²) in [5.74, 6) is 0. The van der Waals surface area contributed by atoms with Crippen molar-refractivity contribution in [2.45, 2.75) is 57.7 Å². The minimum atomic E-state index is 0.444. The summed E-state index contributed by atoms with van der Waals surface area (Å²) in [6.07, 6.45) is 4.99. The highest BCUT2D eigenvalue weighted by Gasteiger charge is 2.18. The monoisotopic (exact) mass is 156 g/mol. The first-order valence-corrected chi connectivity index (χ1v) is 4.70. The van der Waals surface area contributed by atoms with Crippen LogP contribution in [0, 0.1) is 0 Å². The van der Waals surface area contributed by atoms with Crippen molar-refractivity contribution in [1.82, 2.24) is 5.32 Å². The predicted molar refractivity (Wildman–Crippen MR) is 48.5 cm³/mol. The van der Waals surface area contributed by atoms with Gasteiger partial charge in [-0.1, -0.05) is 20.3 Å². The van der Waals surface area contributed by atoms with E-state index in [4.69, 9.17) is 5.73 Å². The van der Waals surface area contributed by atoms with Crippen molar-refractivity contribution in [1.29, 1.82) is 0 Å². The van der Waals surface area contributed by atoms with Crippen molar-refractivity contribution in [3.8, 4) is 0 Å². The molecule has 2 nitrogen and oxygen atoms in total. The number of hydrogen-bond donors (Lipinski definition) is 2. The predicted octanol–water partition coefficient (Wildman–Crippen LogP) is 1.25. The minimum absolute atomic E-state index is 0.444. The highest BCUT2D eigenvalue weighted by atomic mass is 14.9. The molecule has 2 unspecified atom stereocenters. The molecule has 0 spiro atoms. The van der Waals surface area contributed by atoms with Gasteiger partial charge in [-0.05, 0) is 19.3 Å². The van der Waals surface area contributed by atoms with Gasteiger partial charge < -0.3 is 11.1 Å². The third-order valence-electron chi connectivity index (χ3n) is 2.28. The van der Waals surface area contributed by atoms with E-state index in [0.29, 0.717) is 18.1 Å². The lowest BCUT2D eigenvalue weighted by Crippen LogP contribution is -2.42. The van der Waals surface area contributed by atoms with Crippen LogP contribution in [0.4, 0.5) is 0 Å². The molecule has 2 atom stereocenters. The summed E-state index contributed by atoms with van der Waals surface area (Å²) in [7, 11) is 0. The van der Waals surface area contributed by atoms with Crippen LogP contribution in [0.2, 0.25) is 0 Å². The fraction of sp³-hybridized carbons (Fsp3) is 1.00. The van der Waals surface area contributed by atoms with Gasteiger partial charge in [0.05, 0.1) is 0 Å². The first-order valence-electron chi connectivity index (χ1n) is 4.70. The Labute approximate surface area is 69.5 Å². The molecular formula is C9H20N2. The van der Waals surface area contributed by atoms with Gasteiger partial charge in [0.25, 0.3) is 0 Å². The molecule has 2 heteroatoms. The van der Waals surface area contributed by atoms with E-state index >= 15 is 0 Å². The molecule has 0 aromatic heterocycles. The molecule has 0 bridgehead atoms. The lowest BCUT2D eigenvalue weighted by atomic mass is 9.91. The minimum Gasteiger partial charge on any atom is -0.328 e. The summed E-state index contributed by atoms with van der Waals surface area (Å²) in [5.41, 5.74) is 5.86. The summed E-state index contributed by atoms with van der Waals surface area (Å²) in [6, 6.07) is 1.73. The van der Waals surface area contributed by atoms with Crippen molar-refractivity contribution in [3.05, 3.63) is 0 Å². The molecule has 11 heavy (non-hydrogen) atoms. The van der Waals surface area contributed by atoms with Crippen molar-refractivity contribution in [2.75, 3.05) is 0 Å². The van der Waals surface area contributed by atoms with Crippen molar-refractivity contribution < 1.29 is 0 Å². The molecule has 0 heterocycles. The zero-order valence-electron chi connectivity index (χ0n) is 7.64. The second-order valence-corrected chi connectivity index (χ2v) is 3.94. The van der Waals surface area contributed by atoms with Gasteiger partial charge in [0, 0.05) is 18.1 Å². The number of rotatable bonds is 2. The molecule has 0 aromatic carbocycles. The van der Waals surface area contributed by atoms with Crippen LogP contribution in [0.5, 0.6) is 0 Å². The number of nitrogens with one attached hydrogen (secondary N) is 1. The van der Waals surface area contributed by atoms with Crippen LogP contribution in [0.1, 0.15) is 39.5 Å². The second-order valence-electron chi connectivity index (χ2n) is 3.94. The summed E-state index contributed by atoms with van der Waals surface area (Å²) in [6.45, 7) is 4.39. The molecule has 1 aliphatic rings. The van der Waals surface area contributed by atoms with Gasteiger partial charge in [-0.15, -0.1) is 0 Å². The smallest absolute Gasteiger partial charge is 0.00841 e. The Morgan fingerprint density at radius 1 is 1.36 bits per heavy atom. The van der Waals surface area contributed by atoms with E-state index in [-0.39, 0.29) is 0 Å². The fourth-order valence-electron chi connectivity index (χ4n) is 1.85. The van der Waals surface area contributed by atoms with Crippen LogP contribution in [-0.4, -0.2) is 18.1 Å². The van der Waals surface area contributed by atoms with Crippen LogP contribution in [-0.2, 0) is 0 Å². The van der Waals surface area contributed by atoms with E-state index < -0.39 is 0 Å². The lowest BCUT2D eigenvalue weighted by Gasteiger charge is -2.28. The Bertz CT molecular complexity index is 110. The van der Waals surface area contributed by atoms with E-state index in [1.54, 1.807) is 0 Å². The average Bonchev–Trinajstić information content (AvgIpc) is 1.85. The molecule has 0 aliphatic heterocycles. The maximum Gasteiger partial charge on any atom is 0.00841 e. The van der Waals surface area contributed by atoms with Gasteiger partial charge in [0.2, 0.25) is 0 Å². The zero-order chi connectivity index (χ0) is 8.27. The Hall–Kier alpha value is -0.0800. The molecule has 1 aliphatic carbocycles. The van der Waals surface area contributed by atoms with Gasteiger partial charge >= 0.3 is 0 Å². The SMILES string of the molecule is CC(C)NC1CCCC(N)C1. The maximum absolute atomic E-state index is 5.86. The first-order chi connectivity index (χ1) is 5.18. The fourth-order valence-corrected chi connectivity index (χ4v) is 1.85. The number of nitrogens with two attached hydrogens (primary N) is 1.